The lowest BCUT2D eigenvalue weighted by molar-refractivity contribution is -0.131. The van der Waals surface area contributed by atoms with Crippen LogP contribution in [0.2, 0.25) is 0 Å². The molecule has 1 aromatic carbocycles. The minimum atomic E-state index is -0.466. The fraction of sp³-hybridized carbons (Fsp3) is 0.381. The van der Waals surface area contributed by atoms with Crippen molar-refractivity contribution in [3.8, 4) is 6.07 Å². The molecule has 1 unspecified atom stereocenters. The van der Waals surface area contributed by atoms with Crippen LogP contribution in [0.1, 0.15) is 49.8 Å². The van der Waals surface area contributed by atoms with E-state index in [9.17, 15) is 9.59 Å². The quantitative estimate of drug-likeness (QED) is 0.611. The number of fused-ring (bicyclic) bond motifs is 1. The Morgan fingerprint density at radius 2 is 2.07 bits per heavy atom. The first-order valence-electron chi connectivity index (χ1n) is 9.52. The van der Waals surface area contributed by atoms with Crippen LogP contribution in [0, 0.1) is 18.3 Å². The minimum Gasteiger partial charge on any atom is -0.335 e. The lowest BCUT2D eigenvalue weighted by Gasteiger charge is -2.30. The third-order valence-corrected chi connectivity index (χ3v) is 4.91. The van der Waals surface area contributed by atoms with Crippen molar-refractivity contribution in [3.05, 3.63) is 57.8 Å². The predicted octanol–water partition coefficient (Wildman–Crippen LogP) is 2.95. The lowest BCUT2D eigenvalue weighted by Crippen LogP contribution is -2.38. The minimum absolute atomic E-state index is 0.161. The number of carbonyl (C=O) groups is 1. The zero-order valence-electron chi connectivity index (χ0n) is 16.8. The molecule has 1 amide bonds. The summed E-state index contributed by atoms with van der Waals surface area (Å²) in [5, 5.41) is 13.2. The van der Waals surface area contributed by atoms with Crippen LogP contribution in [0.3, 0.4) is 0 Å². The van der Waals surface area contributed by atoms with Crippen molar-refractivity contribution in [2.24, 2.45) is 0 Å². The standard InChI is InChI=1S/C21H23N5O3/c1-4-17(25(15(3)27)12-8-11-22)19-23-20-18(14(2)24-29-20)21(28)26(19)13-16-9-6-5-7-10-16/h5-7,9-10,17H,4,8,12-13H2,1-3H3. The maximum absolute atomic E-state index is 13.3. The van der Waals surface area contributed by atoms with Gasteiger partial charge in [-0.2, -0.15) is 10.2 Å². The van der Waals surface area contributed by atoms with Gasteiger partial charge >= 0.3 is 0 Å². The largest absolute Gasteiger partial charge is 0.335 e. The topological polar surface area (TPSA) is 105 Å². The highest BCUT2D eigenvalue weighted by Gasteiger charge is 2.28. The van der Waals surface area contributed by atoms with E-state index in [1.165, 1.54) is 6.92 Å². The highest BCUT2D eigenvalue weighted by Crippen LogP contribution is 2.25. The van der Waals surface area contributed by atoms with Gasteiger partial charge in [-0.1, -0.05) is 42.4 Å². The molecule has 8 nitrogen and oxygen atoms in total. The summed E-state index contributed by atoms with van der Waals surface area (Å²) in [6.45, 7) is 5.65. The maximum Gasteiger partial charge on any atom is 0.267 e. The van der Waals surface area contributed by atoms with E-state index >= 15 is 0 Å². The summed E-state index contributed by atoms with van der Waals surface area (Å²) in [4.78, 5) is 31.8. The summed E-state index contributed by atoms with van der Waals surface area (Å²) >= 11 is 0. The number of benzene rings is 1. The van der Waals surface area contributed by atoms with E-state index in [0.29, 0.717) is 29.9 Å². The molecule has 1 atom stereocenters. The van der Waals surface area contributed by atoms with Gasteiger partial charge in [-0.3, -0.25) is 14.2 Å². The van der Waals surface area contributed by atoms with Crippen LogP contribution in [0.25, 0.3) is 11.1 Å². The zero-order valence-corrected chi connectivity index (χ0v) is 16.8. The number of aryl methyl sites for hydroxylation is 1. The van der Waals surface area contributed by atoms with Crippen LogP contribution >= 0.6 is 0 Å². The third kappa shape index (κ3) is 4.04. The number of amides is 1. The van der Waals surface area contributed by atoms with Crippen molar-refractivity contribution in [1.82, 2.24) is 19.6 Å². The van der Waals surface area contributed by atoms with Crippen molar-refractivity contribution in [1.29, 1.82) is 5.26 Å². The molecule has 0 aliphatic carbocycles. The van der Waals surface area contributed by atoms with Crippen LogP contribution in [0.5, 0.6) is 0 Å². The van der Waals surface area contributed by atoms with Gasteiger partial charge < -0.3 is 9.42 Å². The Balaban J connectivity index is 2.21. The van der Waals surface area contributed by atoms with Crippen molar-refractivity contribution < 1.29 is 9.32 Å². The van der Waals surface area contributed by atoms with Gasteiger partial charge in [-0.05, 0) is 18.9 Å². The van der Waals surface area contributed by atoms with E-state index in [-0.39, 0.29) is 30.1 Å². The molecule has 0 radical (unpaired) electrons. The fourth-order valence-corrected chi connectivity index (χ4v) is 3.50. The molecule has 0 N–H and O–H groups in total. The average molecular weight is 393 g/mol. The molecular weight excluding hydrogens is 370 g/mol. The van der Waals surface area contributed by atoms with E-state index in [1.54, 1.807) is 16.4 Å². The molecule has 150 valence electrons. The Labute approximate surface area is 168 Å². The molecule has 29 heavy (non-hydrogen) atoms. The first kappa shape index (κ1) is 20.3. The molecule has 3 aromatic rings. The van der Waals surface area contributed by atoms with Gasteiger partial charge in [0, 0.05) is 13.5 Å². The Morgan fingerprint density at radius 1 is 1.34 bits per heavy atom. The Bertz CT molecular complexity index is 1110. The van der Waals surface area contributed by atoms with Crippen LogP contribution in [0.4, 0.5) is 0 Å². The molecule has 2 aromatic heterocycles. The summed E-state index contributed by atoms with van der Waals surface area (Å²) in [6, 6.07) is 11.2. The van der Waals surface area contributed by atoms with Crippen molar-refractivity contribution in [2.75, 3.05) is 6.54 Å². The molecule has 0 saturated heterocycles. The van der Waals surface area contributed by atoms with Gasteiger partial charge in [0.1, 0.15) is 11.2 Å². The third-order valence-electron chi connectivity index (χ3n) is 4.91. The van der Waals surface area contributed by atoms with Crippen LogP contribution in [-0.2, 0) is 11.3 Å². The predicted molar refractivity (Wildman–Crippen MR) is 107 cm³/mol. The second-order valence-corrected chi connectivity index (χ2v) is 6.84. The monoisotopic (exact) mass is 393 g/mol. The van der Waals surface area contributed by atoms with Gasteiger partial charge in [0.25, 0.3) is 11.3 Å². The molecule has 8 heteroatoms. The van der Waals surface area contributed by atoms with Crippen molar-refractivity contribution >= 4 is 17.0 Å². The van der Waals surface area contributed by atoms with E-state index in [4.69, 9.17) is 9.78 Å². The summed E-state index contributed by atoms with van der Waals surface area (Å²) in [5.41, 5.74) is 1.32. The molecule has 0 aliphatic heterocycles. The second-order valence-electron chi connectivity index (χ2n) is 6.84. The van der Waals surface area contributed by atoms with Crippen molar-refractivity contribution in [2.45, 2.75) is 46.2 Å². The Kier molecular flexibility index (Phi) is 6.07. The SMILES string of the molecule is CCC(c1nc2onc(C)c2c(=O)n1Cc1ccccc1)N(CCC#N)C(C)=O. The average Bonchev–Trinajstić information content (AvgIpc) is 3.09. The number of hydrogen-bond acceptors (Lipinski definition) is 6. The number of nitrogens with zero attached hydrogens (tertiary/aromatic N) is 5. The maximum atomic E-state index is 13.3. The van der Waals surface area contributed by atoms with Gasteiger partial charge in [0.2, 0.25) is 5.91 Å². The Hall–Kier alpha value is -3.47. The molecular formula is C21H23N5O3. The highest BCUT2D eigenvalue weighted by atomic mass is 16.5. The van der Waals surface area contributed by atoms with E-state index in [2.05, 4.69) is 16.2 Å². The van der Waals surface area contributed by atoms with Gasteiger partial charge in [0.05, 0.1) is 30.8 Å². The van der Waals surface area contributed by atoms with E-state index < -0.39 is 6.04 Å². The molecule has 0 saturated carbocycles. The number of hydrogen-bond donors (Lipinski definition) is 0. The lowest BCUT2D eigenvalue weighted by atomic mass is 10.1. The van der Waals surface area contributed by atoms with Crippen LogP contribution in [-0.4, -0.2) is 32.1 Å². The molecule has 0 fully saturated rings. The van der Waals surface area contributed by atoms with Crippen molar-refractivity contribution in [3.63, 3.8) is 0 Å². The first-order chi connectivity index (χ1) is 14.0. The highest BCUT2D eigenvalue weighted by molar-refractivity contribution is 5.75. The van der Waals surface area contributed by atoms with Crippen LogP contribution in [0.15, 0.2) is 39.6 Å². The van der Waals surface area contributed by atoms with Gasteiger partial charge in [-0.15, -0.1) is 0 Å². The molecule has 2 heterocycles. The smallest absolute Gasteiger partial charge is 0.267 e. The summed E-state index contributed by atoms with van der Waals surface area (Å²) < 4.78 is 6.84. The molecule has 0 bridgehead atoms. The molecule has 0 spiro atoms. The van der Waals surface area contributed by atoms with Gasteiger partial charge in [0.15, 0.2) is 0 Å². The number of carbonyl (C=O) groups excluding carboxylic acids is 1. The number of rotatable bonds is 7. The molecule has 3 rings (SSSR count). The van der Waals surface area contributed by atoms with E-state index in [0.717, 1.165) is 5.56 Å². The number of aromatic nitrogens is 3. The van der Waals surface area contributed by atoms with E-state index in [1.807, 2.05) is 37.3 Å². The zero-order chi connectivity index (χ0) is 21.0. The van der Waals surface area contributed by atoms with Gasteiger partial charge in [-0.25, -0.2) is 0 Å². The second kappa shape index (κ2) is 8.69. The first-order valence-corrected chi connectivity index (χ1v) is 9.52. The number of nitriles is 1. The summed E-state index contributed by atoms with van der Waals surface area (Å²) in [5.74, 6) is 0.250. The fourth-order valence-electron chi connectivity index (χ4n) is 3.50. The Morgan fingerprint density at radius 3 is 2.69 bits per heavy atom. The summed E-state index contributed by atoms with van der Waals surface area (Å²) in [6.07, 6.45) is 0.730. The van der Waals surface area contributed by atoms with Crippen LogP contribution < -0.4 is 5.56 Å². The normalized spacial score (nSPS) is 11.9. The summed E-state index contributed by atoms with van der Waals surface area (Å²) in [7, 11) is 0. The molecule has 0 aliphatic rings.